The second-order valence-corrected chi connectivity index (χ2v) is 6.15. The number of amides is 1. The Hall–Kier alpha value is -1.12. The van der Waals surface area contributed by atoms with E-state index in [0.717, 1.165) is 35.0 Å². The molecule has 1 aromatic heterocycles. The van der Waals surface area contributed by atoms with Crippen LogP contribution in [0.4, 0.5) is 0 Å². The predicted octanol–water partition coefficient (Wildman–Crippen LogP) is 3.48. The van der Waals surface area contributed by atoms with E-state index in [1.165, 1.54) is 11.3 Å². The Labute approximate surface area is 119 Å². The summed E-state index contributed by atoms with van der Waals surface area (Å²) in [6, 6.07) is 4.11. The number of thiophene rings is 1. The quantitative estimate of drug-likeness (QED) is 0.683. The predicted molar refractivity (Wildman–Crippen MR) is 76.0 cm³/mol. The number of halogens is 1. The molecule has 0 bridgehead atoms. The molecular weight excluding hydrogens is 312 g/mol. The van der Waals surface area contributed by atoms with Crippen molar-refractivity contribution in [1.29, 1.82) is 5.26 Å². The fraction of sp³-hybridized carbons (Fsp3) is 0.385. The number of hydrogen-bond acceptors (Lipinski definition) is 3. The highest BCUT2D eigenvalue weighted by Gasteiger charge is 2.19. The molecule has 1 aliphatic rings. The zero-order chi connectivity index (χ0) is 13.0. The number of carbonyl (C=O) groups excluding carboxylic acids is 1. The van der Waals surface area contributed by atoms with Crippen LogP contribution < -0.4 is 5.32 Å². The summed E-state index contributed by atoms with van der Waals surface area (Å²) < 4.78 is 0.965. The van der Waals surface area contributed by atoms with Gasteiger partial charge in [0.05, 0.1) is 0 Å². The molecule has 0 saturated heterocycles. The molecule has 1 aromatic rings. The van der Waals surface area contributed by atoms with Gasteiger partial charge in [-0.2, -0.15) is 5.26 Å². The van der Waals surface area contributed by atoms with Crippen LogP contribution in [0.25, 0.3) is 6.08 Å². The molecule has 1 fully saturated rings. The van der Waals surface area contributed by atoms with Gasteiger partial charge in [-0.15, -0.1) is 11.3 Å². The maximum Gasteiger partial charge on any atom is 0.262 e. The zero-order valence-corrected chi connectivity index (χ0v) is 12.2. The van der Waals surface area contributed by atoms with Crippen molar-refractivity contribution < 1.29 is 4.79 Å². The summed E-state index contributed by atoms with van der Waals surface area (Å²) in [5, 5.41) is 13.9. The van der Waals surface area contributed by atoms with Gasteiger partial charge < -0.3 is 5.32 Å². The van der Waals surface area contributed by atoms with Crippen LogP contribution in [0.1, 0.15) is 30.6 Å². The van der Waals surface area contributed by atoms with Gasteiger partial charge in [-0.1, -0.05) is 12.8 Å². The molecular formula is C13H13BrN2OS. The van der Waals surface area contributed by atoms with Crippen molar-refractivity contribution in [2.45, 2.75) is 31.7 Å². The van der Waals surface area contributed by atoms with E-state index in [-0.39, 0.29) is 17.5 Å². The van der Waals surface area contributed by atoms with Gasteiger partial charge in [0.2, 0.25) is 0 Å². The monoisotopic (exact) mass is 324 g/mol. The van der Waals surface area contributed by atoms with E-state index in [2.05, 4.69) is 21.2 Å². The first-order valence-corrected chi connectivity index (χ1v) is 7.53. The highest BCUT2D eigenvalue weighted by atomic mass is 79.9. The summed E-state index contributed by atoms with van der Waals surface area (Å²) in [4.78, 5) is 12.8. The van der Waals surface area contributed by atoms with Gasteiger partial charge in [-0.05, 0) is 40.9 Å². The minimum atomic E-state index is -0.256. The molecule has 0 spiro atoms. The average molecular weight is 325 g/mol. The maximum absolute atomic E-state index is 11.9. The highest BCUT2D eigenvalue weighted by Crippen LogP contribution is 2.22. The van der Waals surface area contributed by atoms with Gasteiger partial charge in [-0.3, -0.25) is 4.79 Å². The summed E-state index contributed by atoms with van der Waals surface area (Å²) in [5.74, 6) is -0.256. The molecule has 18 heavy (non-hydrogen) atoms. The lowest BCUT2D eigenvalue weighted by Crippen LogP contribution is -2.33. The van der Waals surface area contributed by atoms with Crippen LogP contribution in [0.3, 0.4) is 0 Å². The van der Waals surface area contributed by atoms with Crippen LogP contribution in [0.15, 0.2) is 21.5 Å². The first-order chi connectivity index (χ1) is 8.69. The summed E-state index contributed by atoms with van der Waals surface area (Å²) in [6.07, 6.45) is 6.01. The van der Waals surface area contributed by atoms with Crippen molar-refractivity contribution in [2.24, 2.45) is 0 Å². The average Bonchev–Trinajstić information content (AvgIpc) is 2.97. The Bertz CT molecular complexity index is 509. The van der Waals surface area contributed by atoms with Crippen molar-refractivity contribution in [3.05, 3.63) is 26.4 Å². The molecule has 0 unspecified atom stereocenters. The molecule has 0 aliphatic heterocycles. The van der Waals surface area contributed by atoms with Gasteiger partial charge in [0.25, 0.3) is 5.91 Å². The van der Waals surface area contributed by atoms with E-state index < -0.39 is 0 Å². The number of rotatable bonds is 3. The smallest absolute Gasteiger partial charge is 0.262 e. The molecule has 0 atom stereocenters. The van der Waals surface area contributed by atoms with Gasteiger partial charge in [-0.25, -0.2) is 0 Å². The SMILES string of the molecule is N#C/C(=C\c1cc(Br)cs1)C(=O)NC1CCCC1. The fourth-order valence-corrected chi connectivity index (χ4v) is 3.40. The fourth-order valence-electron chi connectivity index (χ4n) is 2.03. The van der Waals surface area contributed by atoms with Crippen LogP contribution >= 0.6 is 27.3 Å². The summed E-state index contributed by atoms with van der Waals surface area (Å²) in [7, 11) is 0. The molecule has 94 valence electrons. The lowest BCUT2D eigenvalue weighted by atomic mass is 10.2. The summed E-state index contributed by atoms with van der Waals surface area (Å²) >= 11 is 4.85. The van der Waals surface area contributed by atoms with E-state index in [4.69, 9.17) is 5.26 Å². The molecule has 1 aliphatic carbocycles. The lowest BCUT2D eigenvalue weighted by molar-refractivity contribution is -0.117. The highest BCUT2D eigenvalue weighted by molar-refractivity contribution is 9.10. The number of carbonyl (C=O) groups is 1. The Morgan fingerprint density at radius 3 is 2.83 bits per heavy atom. The first-order valence-electron chi connectivity index (χ1n) is 5.86. The standard InChI is InChI=1S/C13H13BrN2OS/c14-10-6-12(18-8-10)5-9(7-15)13(17)16-11-3-1-2-4-11/h5-6,8,11H,1-4H2,(H,16,17)/b9-5+. The molecule has 3 nitrogen and oxygen atoms in total. The lowest BCUT2D eigenvalue weighted by Gasteiger charge is -2.10. The molecule has 1 N–H and O–H groups in total. The largest absolute Gasteiger partial charge is 0.349 e. The van der Waals surface area contributed by atoms with Crippen molar-refractivity contribution >= 4 is 39.2 Å². The molecule has 0 aromatic carbocycles. The van der Waals surface area contributed by atoms with Gasteiger partial charge >= 0.3 is 0 Å². The Balaban J connectivity index is 2.06. The summed E-state index contributed by atoms with van der Waals surface area (Å²) in [5.41, 5.74) is 0.177. The number of nitrogens with zero attached hydrogens (tertiary/aromatic N) is 1. The van der Waals surface area contributed by atoms with Crippen LogP contribution in [-0.2, 0) is 4.79 Å². The van der Waals surface area contributed by atoms with E-state index in [0.29, 0.717) is 0 Å². The van der Waals surface area contributed by atoms with Crippen LogP contribution in [0.5, 0.6) is 0 Å². The van der Waals surface area contributed by atoms with E-state index in [1.54, 1.807) is 6.08 Å². The Morgan fingerprint density at radius 1 is 1.56 bits per heavy atom. The Morgan fingerprint density at radius 2 is 2.28 bits per heavy atom. The molecule has 1 heterocycles. The minimum Gasteiger partial charge on any atom is -0.349 e. The Kier molecular flexibility index (Phi) is 4.56. The first kappa shape index (κ1) is 13.3. The number of nitriles is 1. The van der Waals surface area contributed by atoms with E-state index >= 15 is 0 Å². The van der Waals surface area contributed by atoms with Crippen LogP contribution in [0, 0.1) is 11.3 Å². The zero-order valence-electron chi connectivity index (χ0n) is 9.78. The van der Waals surface area contributed by atoms with Crippen molar-refractivity contribution in [2.75, 3.05) is 0 Å². The third-order valence-corrected chi connectivity index (χ3v) is 4.57. The second-order valence-electron chi connectivity index (χ2n) is 4.29. The van der Waals surface area contributed by atoms with Crippen LogP contribution in [-0.4, -0.2) is 11.9 Å². The third kappa shape index (κ3) is 3.44. The molecule has 0 radical (unpaired) electrons. The van der Waals surface area contributed by atoms with Crippen molar-refractivity contribution in [3.63, 3.8) is 0 Å². The molecule has 1 amide bonds. The molecule has 5 heteroatoms. The van der Waals surface area contributed by atoms with Gasteiger partial charge in [0.15, 0.2) is 0 Å². The molecule has 1 saturated carbocycles. The number of nitrogens with one attached hydrogen (secondary N) is 1. The summed E-state index contributed by atoms with van der Waals surface area (Å²) in [6.45, 7) is 0. The maximum atomic E-state index is 11.9. The van der Waals surface area contributed by atoms with E-state index in [1.807, 2.05) is 17.5 Å². The van der Waals surface area contributed by atoms with Crippen molar-refractivity contribution in [3.8, 4) is 6.07 Å². The topological polar surface area (TPSA) is 52.9 Å². The molecule has 2 rings (SSSR count). The van der Waals surface area contributed by atoms with Crippen LogP contribution in [0.2, 0.25) is 0 Å². The normalized spacial score (nSPS) is 16.6. The minimum absolute atomic E-state index is 0.177. The second kappa shape index (κ2) is 6.17. The van der Waals surface area contributed by atoms with Gasteiger partial charge in [0, 0.05) is 20.8 Å². The van der Waals surface area contributed by atoms with E-state index in [9.17, 15) is 4.79 Å². The van der Waals surface area contributed by atoms with Crippen molar-refractivity contribution in [1.82, 2.24) is 5.32 Å². The number of hydrogen-bond donors (Lipinski definition) is 1. The van der Waals surface area contributed by atoms with Gasteiger partial charge in [0.1, 0.15) is 11.6 Å². The third-order valence-electron chi connectivity index (χ3n) is 2.93.